The number of aromatic nitrogens is 2. The number of piperidine rings is 1. The first kappa shape index (κ1) is 21.6. The Balaban J connectivity index is 1.54. The summed E-state index contributed by atoms with van der Waals surface area (Å²) >= 11 is 3.22. The molecule has 170 valence electrons. The zero-order chi connectivity index (χ0) is 23.4. The van der Waals surface area contributed by atoms with Crippen LogP contribution in [0, 0.1) is 12.7 Å². The highest BCUT2D eigenvalue weighted by molar-refractivity contribution is 9.10. The van der Waals surface area contributed by atoms with E-state index in [9.17, 15) is 14.0 Å². The fourth-order valence-corrected chi connectivity index (χ4v) is 4.99. The number of carbonyl (C=O) groups excluding carboxylic acids is 1. The lowest BCUT2D eigenvalue weighted by Crippen LogP contribution is -2.38. The largest absolute Gasteiger partial charge is 0.440 e. The molecule has 5 rings (SSSR count). The Morgan fingerprint density at radius 3 is 2.67 bits per heavy atom. The highest BCUT2D eigenvalue weighted by atomic mass is 79.9. The van der Waals surface area contributed by atoms with Crippen molar-refractivity contribution in [2.24, 2.45) is 12.8 Å². The molecule has 0 spiro atoms. The van der Waals surface area contributed by atoms with E-state index in [0.29, 0.717) is 35.6 Å². The van der Waals surface area contributed by atoms with Gasteiger partial charge in [0.05, 0.1) is 15.7 Å². The Labute approximate surface area is 197 Å². The van der Waals surface area contributed by atoms with Crippen LogP contribution in [-0.4, -0.2) is 28.5 Å². The first-order valence-electron chi connectivity index (χ1n) is 10.7. The molecular formula is C24H22BrFN4O3. The maximum absolute atomic E-state index is 14.3. The summed E-state index contributed by atoms with van der Waals surface area (Å²) in [5, 5.41) is 0.593. The van der Waals surface area contributed by atoms with Gasteiger partial charge in [0.1, 0.15) is 16.9 Å². The second-order valence-corrected chi connectivity index (χ2v) is 9.37. The number of amides is 1. The smallest absolute Gasteiger partial charge is 0.265 e. The molecule has 33 heavy (non-hydrogen) atoms. The number of benzene rings is 2. The van der Waals surface area contributed by atoms with Crippen molar-refractivity contribution in [3.63, 3.8) is 0 Å². The Hall–Kier alpha value is -3.20. The summed E-state index contributed by atoms with van der Waals surface area (Å²) in [6.07, 6.45) is 1.45. The number of oxazole rings is 1. The van der Waals surface area contributed by atoms with E-state index in [1.54, 1.807) is 6.07 Å². The molecule has 1 aliphatic heterocycles. The minimum Gasteiger partial charge on any atom is -0.440 e. The van der Waals surface area contributed by atoms with Crippen LogP contribution in [0.4, 0.5) is 10.1 Å². The fraction of sp³-hybridized carbons (Fsp3) is 0.292. The van der Waals surface area contributed by atoms with Gasteiger partial charge in [-0.1, -0.05) is 6.07 Å². The average molecular weight is 513 g/mol. The summed E-state index contributed by atoms with van der Waals surface area (Å²) in [6.45, 7) is 3.15. The van der Waals surface area contributed by atoms with Gasteiger partial charge >= 0.3 is 0 Å². The normalized spacial score (nSPS) is 15.0. The van der Waals surface area contributed by atoms with Crippen LogP contribution in [0.15, 0.2) is 44.0 Å². The van der Waals surface area contributed by atoms with E-state index in [2.05, 4.69) is 20.9 Å². The van der Waals surface area contributed by atoms with E-state index >= 15 is 0 Å². The lowest BCUT2D eigenvalue weighted by atomic mass is 9.95. The number of nitrogens with two attached hydrogens (primary N) is 1. The van der Waals surface area contributed by atoms with Crippen LogP contribution < -0.4 is 16.2 Å². The number of halogens is 2. The van der Waals surface area contributed by atoms with E-state index in [0.717, 1.165) is 29.5 Å². The van der Waals surface area contributed by atoms with Crippen LogP contribution in [0.25, 0.3) is 22.0 Å². The van der Waals surface area contributed by atoms with Gasteiger partial charge in [0.15, 0.2) is 11.5 Å². The molecule has 1 amide bonds. The molecule has 0 bridgehead atoms. The van der Waals surface area contributed by atoms with Crippen LogP contribution >= 0.6 is 15.9 Å². The minimum atomic E-state index is -0.801. The number of hydrogen-bond acceptors (Lipinski definition) is 5. The summed E-state index contributed by atoms with van der Waals surface area (Å²) in [5.41, 5.74) is 8.59. The Bertz CT molecular complexity index is 1490. The number of hydrogen-bond donors (Lipinski definition) is 1. The summed E-state index contributed by atoms with van der Waals surface area (Å²) in [7, 11) is 1.51. The Morgan fingerprint density at radius 1 is 1.24 bits per heavy atom. The molecule has 3 heterocycles. The number of carbonyl (C=O) groups is 1. The first-order chi connectivity index (χ1) is 15.7. The van der Waals surface area contributed by atoms with Crippen molar-refractivity contribution in [2.45, 2.75) is 25.7 Å². The highest BCUT2D eigenvalue weighted by Crippen LogP contribution is 2.37. The third-order valence-electron chi connectivity index (χ3n) is 6.38. The molecule has 4 aromatic rings. The zero-order valence-corrected chi connectivity index (χ0v) is 19.8. The SMILES string of the molecule is Cc1ccc2oc(C3CCN(c4c(C(N)=O)c(=O)n(C)c5cc(F)c(Br)cc45)CC3)nc2c1. The third kappa shape index (κ3) is 3.60. The lowest BCUT2D eigenvalue weighted by Gasteiger charge is -2.34. The molecule has 1 fully saturated rings. The molecule has 2 aromatic heterocycles. The van der Waals surface area contributed by atoms with Crippen molar-refractivity contribution >= 4 is 49.5 Å². The first-order valence-corrected chi connectivity index (χ1v) is 11.5. The number of aryl methyl sites for hydroxylation is 2. The number of anilines is 1. The average Bonchev–Trinajstić information content (AvgIpc) is 3.20. The van der Waals surface area contributed by atoms with Gasteiger partial charge in [-0.05, 0) is 65.5 Å². The van der Waals surface area contributed by atoms with E-state index in [1.165, 1.54) is 17.7 Å². The van der Waals surface area contributed by atoms with Gasteiger partial charge in [-0.3, -0.25) is 9.59 Å². The van der Waals surface area contributed by atoms with E-state index in [1.807, 2.05) is 30.0 Å². The van der Waals surface area contributed by atoms with Gasteiger partial charge in [-0.25, -0.2) is 9.37 Å². The Morgan fingerprint density at radius 2 is 1.97 bits per heavy atom. The molecule has 0 aliphatic carbocycles. The van der Waals surface area contributed by atoms with Crippen molar-refractivity contribution < 1.29 is 13.6 Å². The van der Waals surface area contributed by atoms with Crippen LogP contribution in [0.5, 0.6) is 0 Å². The zero-order valence-electron chi connectivity index (χ0n) is 18.2. The molecule has 0 unspecified atom stereocenters. The van der Waals surface area contributed by atoms with Gasteiger partial charge in [-0.15, -0.1) is 0 Å². The predicted octanol–water partition coefficient (Wildman–Crippen LogP) is 4.37. The number of primary amides is 1. The van der Waals surface area contributed by atoms with Gasteiger partial charge in [0.2, 0.25) is 0 Å². The van der Waals surface area contributed by atoms with Crippen LogP contribution in [0.2, 0.25) is 0 Å². The van der Waals surface area contributed by atoms with Gasteiger partial charge in [0, 0.05) is 31.4 Å². The number of rotatable bonds is 3. The topological polar surface area (TPSA) is 94.4 Å². The second kappa shape index (κ2) is 7.98. The maximum Gasteiger partial charge on any atom is 0.265 e. The summed E-state index contributed by atoms with van der Waals surface area (Å²) < 4.78 is 21.8. The number of pyridine rings is 1. The maximum atomic E-state index is 14.3. The Kier molecular flexibility index (Phi) is 5.23. The van der Waals surface area contributed by atoms with E-state index < -0.39 is 17.3 Å². The molecule has 1 aliphatic rings. The van der Waals surface area contributed by atoms with Crippen molar-refractivity contribution in [1.29, 1.82) is 0 Å². The third-order valence-corrected chi connectivity index (χ3v) is 6.98. The monoisotopic (exact) mass is 512 g/mol. The van der Waals surface area contributed by atoms with E-state index in [4.69, 9.17) is 10.2 Å². The van der Waals surface area contributed by atoms with E-state index in [-0.39, 0.29) is 16.0 Å². The lowest BCUT2D eigenvalue weighted by molar-refractivity contribution is 0.0999. The summed E-state index contributed by atoms with van der Waals surface area (Å²) in [4.78, 5) is 32.0. The molecule has 0 atom stereocenters. The van der Waals surface area contributed by atoms with Crippen molar-refractivity contribution in [1.82, 2.24) is 9.55 Å². The molecule has 9 heteroatoms. The molecule has 0 radical (unpaired) electrons. The summed E-state index contributed by atoms with van der Waals surface area (Å²) in [5.74, 6) is -0.471. The predicted molar refractivity (Wildman–Crippen MR) is 128 cm³/mol. The number of fused-ring (bicyclic) bond motifs is 2. The molecule has 2 aromatic carbocycles. The van der Waals surface area contributed by atoms with Gasteiger partial charge in [-0.2, -0.15) is 0 Å². The van der Waals surface area contributed by atoms with Crippen molar-refractivity contribution in [3.8, 4) is 0 Å². The summed E-state index contributed by atoms with van der Waals surface area (Å²) in [6, 6.07) is 8.81. The van der Waals surface area contributed by atoms with Crippen LogP contribution in [0.3, 0.4) is 0 Å². The van der Waals surface area contributed by atoms with Crippen molar-refractivity contribution in [3.05, 3.63) is 68.0 Å². The second-order valence-electron chi connectivity index (χ2n) is 8.52. The minimum absolute atomic E-state index is 0.0840. The van der Waals surface area contributed by atoms with Crippen molar-refractivity contribution in [2.75, 3.05) is 18.0 Å². The van der Waals surface area contributed by atoms with Gasteiger partial charge < -0.3 is 19.6 Å². The standard InChI is InChI=1S/C24H22BrFN4O3/c1-12-3-4-19-17(9-12)28-23(33-19)13-5-7-30(8-6-13)21-14-10-15(25)16(26)11-18(14)29(2)24(32)20(21)22(27)31/h3-4,9-11,13H,5-8H2,1-2H3,(H2,27,31). The van der Waals surface area contributed by atoms with Crippen LogP contribution in [0.1, 0.15) is 40.6 Å². The molecule has 7 nitrogen and oxygen atoms in total. The molecule has 1 saturated heterocycles. The fourth-order valence-electron chi connectivity index (χ4n) is 4.65. The quantitative estimate of drug-likeness (QED) is 0.439. The molecule has 0 saturated carbocycles. The molecule has 2 N–H and O–H groups in total. The van der Waals surface area contributed by atoms with Gasteiger partial charge in [0.25, 0.3) is 11.5 Å². The number of nitrogens with zero attached hydrogens (tertiary/aromatic N) is 3. The van der Waals surface area contributed by atoms with Crippen LogP contribution in [-0.2, 0) is 7.05 Å². The molecular weight excluding hydrogens is 491 g/mol. The highest BCUT2D eigenvalue weighted by Gasteiger charge is 2.30.